The molecule has 0 aromatic heterocycles. The first kappa shape index (κ1) is 16.5. The number of hydrogen-bond acceptors (Lipinski definition) is 4. The molecule has 5 nitrogen and oxygen atoms in total. The van der Waals surface area contributed by atoms with E-state index in [0.29, 0.717) is 19.5 Å². The van der Waals surface area contributed by atoms with Crippen LogP contribution >= 0.6 is 15.9 Å². The van der Waals surface area contributed by atoms with Crippen molar-refractivity contribution in [3.8, 4) is 0 Å². The van der Waals surface area contributed by atoms with Gasteiger partial charge in [-0.15, -0.1) is 0 Å². The maximum atomic E-state index is 12.8. The highest BCUT2D eigenvalue weighted by Crippen LogP contribution is 2.29. The Kier molecular flexibility index (Phi) is 4.46. The molecule has 0 bridgehead atoms. The second-order valence-corrected chi connectivity index (χ2v) is 9.18. The zero-order chi connectivity index (χ0) is 15.8. The van der Waals surface area contributed by atoms with E-state index in [-0.39, 0.29) is 10.9 Å². The fourth-order valence-corrected chi connectivity index (χ4v) is 4.08. The van der Waals surface area contributed by atoms with Crippen LogP contribution in [0.4, 0.5) is 0 Å². The molecule has 0 spiro atoms. The van der Waals surface area contributed by atoms with Gasteiger partial charge in [-0.3, -0.25) is 4.79 Å². The van der Waals surface area contributed by atoms with E-state index >= 15 is 0 Å². The van der Waals surface area contributed by atoms with Gasteiger partial charge in [0.05, 0.1) is 4.90 Å². The number of likely N-dealkylation sites (tertiary alicyclic amines) is 1. The highest BCUT2D eigenvalue weighted by Gasteiger charge is 2.46. The quantitative estimate of drug-likeness (QED) is 0.870. The number of hydrogen-bond donors (Lipinski definition) is 1. The van der Waals surface area contributed by atoms with Gasteiger partial charge in [0.1, 0.15) is 4.75 Å². The van der Waals surface area contributed by atoms with Gasteiger partial charge in [0.2, 0.25) is 5.91 Å². The van der Waals surface area contributed by atoms with Gasteiger partial charge in [0.15, 0.2) is 9.84 Å². The molecule has 1 saturated heterocycles. The van der Waals surface area contributed by atoms with Crippen molar-refractivity contribution in [2.45, 2.75) is 36.0 Å². The van der Waals surface area contributed by atoms with Gasteiger partial charge in [-0.05, 0) is 44.5 Å². The highest BCUT2D eigenvalue weighted by molar-refractivity contribution is 9.10. The molecule has 1 atom stereocenters. The fourth-order valence-electron chi connectivity index (χ4n) is 2.38. The van der Waals surface area contributed by atoms with Gasteiger partial charge in [-0.25, -0.2) is 8.42 Å². The van der Waals surface area contributed by atoms with Gasteiger partial charge in [0.25, 0.3) is 0 Å². The minimum Gasteiger partial charge on any atom is -0.340 e. The van der Waals surface area contributed by atoms with E-state index in [2.05, 4.69) is 15.9 Å². The molecule has 0 aliphatic carbocycles. The SMILES string of the molecule is CC(C)(C(=O)N1CCC(N)C1)S(=O)(=O)c1ccc(Br)cc1. The summed E-state index contributed by atoms with van der Waals surface area (Å²) in [7, 11) is -3.76. The Labute approximate surface area is 133 Å². The molecule has 1 unspecified atom stereocenters. The van der Waals surface area contributed by atoms with Crippen LogP contribution in [0.5, 0.6) is 0 Å². The number of rotatable bonds is 3. The molecule has 1 heterocycles. The van der Waals surface area contributed by atoms with Crippen molar-refractivity contribution in [1.29, 1.82) is 0 Å². The molecule has 1 aromatic rings. The molecule has 1 fully saturated rings. The van der Waals surface area contributed by atoms with Crippen LogP contribution in [0.2, 0.25) is 0 Å². The van der Waals surface area contributed by atoms with Crippen molar-refractivity contribution in [2.24, 2.45) is 5.73 Å². The van der Waals surface area contributed by atoms with Crippen LogP contribution in [0.15, 0.2) is 33.6 Å². The van der Waals surface area contributed by atoms with E-state index in [1.54, 1.807) is 17.0 Å². The summed E-state index contributed by atoms with van der Waals surface area (Å²) in [5.74, 6) is -0.390. The molecule has 116 valence electrons. The van der Waals surface area contributed by atoms with E-state index in [4.69, 9.17) is 5.73 Å². The second-order valence-electron chi connectivity index (χ2n) is 5.77. The van der Waals surface area contributed by atoms with Crippen molar-refractivity contribution >= 4 is 31.7 Å². The lowest BCUT2D eigenvalue weighted by Gasteiger charge is -2.29. The number of carbonyl (C=O) groups excluding carboxylic acids is 1. The van der Waals surface area contributed by atoms with Crippen molar-refractivity contribution in [3.63, 3.8) is 0 Å². The third kappa shape index (κ3) is 3.00. The Morgan fingerprint density at radius 1 is 1.33 bits per heavy atom. The molecule has 1 aliphatic heterocycles. The maximum Gasteiger partial charge on any atom is 0.243 e. The monoisotopic (exact) mass is 374 g/mol. The summed E-state index contributed by atoms with van der Waals surface area (Å²) in [5.41, 5.74) is 5.79. The van der Waals surface area contributed by atoms with E-state index in [1.807, 2.05) is 0 Å². The van der Waals surface area contributed by atoms with Crippen molar-refractivity contribution in [3.05, 3.63) is 28.7 Å². The Balaban J connectivity index is 2.33. The Hall–Kier alpha value is -0.920. The summed E-state index contributed by atoms with van der Waals surface area (Å²) in [5, 5.41) is 0. The number of sulfone groups is 1. The summed E-state index contributed by atoms with van der Waals surface area (Å²) >= 11 is 3.27. The molecular formula is C14H19BrN2O3S. The first-order valence-electron chi connectivity index (χ1n) is 6.71. The molecule has 1 amide bonds. The number of nitrogens with zero attached hydrogens (tertiary/aromatic N) is 1. The molecule has 1 aliphatic rings. The largest absolute Gasteiger partial charge is 0.340 e. The van der Waals surface area contributed by atoms with Crippen molar-refractivity contribution in [2.75, 3.05) is 13.1 Å². The van der Waals surface area contributed by atoms with Crippen LogP contribution in [0.3, 0.4) is 0 Å². The van der Waals surface area contributed by atoms with Gasteiger partial charge in [-0.1, -0.05) is 15.9 Å². The number of carbonyl (C=O) groups is 1. The van der Waals surface area contributed by atoms with Gasteiger partial charge in [0, 0.05) is 23.6 Å². The van der Waals surface area contributed by atoms with Crippen LogP contribution in [0.1, 0.15) is 20.3 Å². The molecule has 21 heavy (non-hydrogen) atoms. The first-order chi connectivity index (χ1) is 9.66. The molecule has 0 saturated carbocycles. The van der Waals surface area contributed by atoms with Crippen LogP contribution in [0.25, 0.3) is 0 Å². The predicted octanol–water partition coefficient (Wildman–Crippen LogP) is 1.56. The molecule has 2 rings (SSSR count). The summed E-state index contributed by atoms with van der Waals surface area (Å²) in [6.07, 6.45) is 0.708. The minimum absolute atomic E-state index is 0.0693. The fraction of sp³-hybridized carbons (Fsp3) is 0.500. The van der Waals surface area contributed by atoms with E-state index in [0.717, 1.165) is 4.47 Å². The van der Waals surface area contributed by atoms with Gasteiger partial charge >= 0.3 is 0 Å². The number of amides is 1. The Morgan fingerprint density at radius 3 is 2.38 bits per heavy atom. The molecule has 0 radical (unpaired) electrons. The molecular weight excluding hydrogens is 356 g/mol. The highest BCUT2D eigenvalue weighted by atomic mass is 79.9. The zero-order valence-electron chi connectivity index (χ0n) is 12.0. The lowest BCUT2D eigenvalue weighted by Crippen LogP contribution is -2.49. The van der Waals surface area contributed by atoms with Crippen molar-refractivity contribution < 1.29 is 13.2 Å². The van der Waals surface area contributed by atoms with Crippen LogP contribution < -0.4 is 5.73 Å². The lowest BCUT2D eigenvalue weighted by molar-refractivity contribution is -0.132. The van der Waals surface area contributed by atoms with E-state index in [9.17, 15) is 13.2 Å². The summed E-state index contributed by atoms with van der Waals surface area (Å²) in [6, 6.07) is 6.24. The third-order valence-corrected chi connectivity index (χ3v) is 6.76. The average molecular weight is 375 g/mol. The summed E-state index contributed by atoms with van der Waals surface area (Å²) in [6.45, 7) is 3.84. The summed E-state index contributed by atoms with van der Waals surface area (Å²) < 4.78 is 24.8. The molecule has 1 aromatic carbocycles. The predicted molar refractivity (Wildman–Crippen MR) is 84.6 cm³/mol. The zero-order valence-corrected chi connectivity index (χ0v) is 14.4. The Morgan fingerprint density at radius 2 is 1.90 bits per heavy atom. The Bertz CT molecular complexity index is 641. The van der Waals surface area contributed by atoms with Gasteiger partial charge < -0.3 is 10.6 Å². The topological polar surface area (TPSA) is 80.5 Å². The maximum absolute atomic E-state index is 12.8. The normalized spacial score (nSPS) is 19.8. The first-order valence-corrected chi connectivity index (χ1v) is 8.99. The van der Waals surface area contributed by atoms with Crippen LogP contribution in [0, 0.1) is 0 Å². The van der Waals surface area contributed by atoms with Crippen LogP contribution in [-0.4, -0.2) is 43.1 Å². The van der Waals surface area contributed by atoms with E-state index in [1.165, 1.54) is 26.0 Å². The minimum atomic E-state index is -3.76. The van der Waals surface area contributed by atoms with Crippen LogP contribution in [-0.2, 0) is 14.6 Å². The lowest BCUT2D eigenvalue weighted by atomic mass is 10.2. The van der Waals surface area contributed by atoms with Gasteiger partial charge in [-0.2, -0.15) is 0 Å². The van der Waals surface area contributed by atoms with Crippen molar-refractivity contribution in [1.82, 2.24) is 4.90 Å². The second kappa shape index (κ2) is 5.70. The summed E-state index contributed by atoms with van der Waals surface area (Å²) in [4.78, 5) is 14.3. The average Bonchev–Trinajstić information content (AvgIpc) is 2.84. The molecule has 2 N–H and O–H groups in total. The standard InChI is InChI=1S/C14H19BrN2O3S/c1-14(2,13(18)17-8-7-11(16)9-17)21(19,20)12-5-3-10(15)4-6-12/h3-6,11H,7-9,16H2,1-2H3. The number of nitrogens with two attached hydrogens (primary N) is 1. The third-order valence-electron chi connectivity index (χ3n) is 3.82. The number of benzene rings is 1. The number of halogens is 1. The van der Waals surface area contributed by atoms with E-state index < -0.39 is 20.5 Å². The molecule has 7 heteroatoms. The smallest absolute Gasteiger partial charge is 0.243 e.